The molecule has 0 radical (unpaired) electrons. The van der Waals surface area contributed by atoms with E-state index >= 15 is 0 Å². The second-order valence-corrected chi connectivity index (χ2v) is 8.71. The molecule has 2 fully saturated rings. The molecule has 0 aromatic carbocycles. The third-order valence-corrected chi connectivity index (χ3v) is 5.43. The van der Waals surface area contributed by atoms with E-state index in [0.29, 0.717) is 18.5 Å². The van der Waals surface area contributed by atoms with E-state index in [1.54, 1.807) is 0 Å². The fraction of sp³-hybridized carbons (Fsp3) is 0.895. The van der Waals surface area contributed by atoms with Gasteiger partial charge >= 0.3 is 0 Å². The molecule has 2 atom stereocenters. The summed E-state index contributed by atoms with van der Waals surface area (Å²) in [6.45, 7) is 10.3. The molecule has 138 valence electrons. The van der Waals surface area contributed by atoms with E-state index in [9.17, 15) is 9.59 Å². The summed E-state index contributed by atoms with van der Waals surface area (Å²) in [6.07, 6.45) is 6.72. The normalized spacial score (nSPS) is 26.8. The van der Waals surface area contributed by atoms with Crippen molar-refractivity contribution in [2.24, 2.45) is 11.3 Å². The van der Waals surface area contributed by atoms with Gasteiger partial charge in [-0.25, -0.2) is 0 Å². The number of carbonyl (C=O) groups is 2. The van der Waals surface area contributed by atoms with Crippen LogP contribution in [0.3, 0.4) is 0 Å². The number of hydrogen-bond acceptors (Lipinski definition) is 3. The lowest BCUT2D eigenvalue weighted by molar-refractivity contribution is -0.130. The van der Waals surface area contributed by atoms with Crippen LogP contribution in [0, 0.1) is 11.3 Å². The largest absolute Gasteiger partial charge is 0.353 e. The van der Waals surface area contributed by atoms with Crippen LogP contribution in [-0.4, -0.2) is 48.4 Å². The summed E-state index contributed by atoms with van der Waals surface area (Å²) in [4.78, 5) is 26.6. The Bertz CT molecular complexity index is 436. The van der Waals surface area contributed by atoms with Crippen molar-refractivity contribution in [3.05, 3.63) is 0 Å². The predicted octanol–water partition coefficient (Wildman–Crippen LogP) is 2.31. The van der Waals surface area contributed by atoms with Gasteiger partial charge in [-0.1, -0.05) is 40.5 Å². The Labute approximate surface area is 146 Å². The van der Waals surface area contributed by atoms with E-state index in [1.807, 2.05) is 20.8 Å². The molecule has 1 saturated carbocycles. The summed E-state index contributed by atoms with van der Waals surface area (Å²) >= 11 is 0. The highest BCUT2D eigenvalue weighted by molar-refractivity contribution is 5.81. The molecule has 5 nitrogen and oxygen atoms in total. The Morgan fingerprint density at radius 1 is 1.00 bits per heavy atom. The van der Waals surface area contributed by atoms with Gasteiger partial charge in [-0.05, 0) is 31.6 Å². The Balaban J connectivity index is 1.69. The maximum absolute atomic E-state index is 12.3. The molecule has 24 heavy (non-hydrogen) atoms. The van der Waals surface area contributed by atoms with Crippen molar-refractivity contribution in [3.63, 3.8) is 0 Å². The average Bonchev–Trinajstić information content (AvgIpc) is 2.50. The summed E-state index contributed by atoms with van der Waals surface area (Å²) < 4.78 is 0. The molecule has 5 heteroatoms. The fourth-order valence-corrected chi connectivity index (χ4v) is 3.62. The monoisotopic (exact) mass is 337 g/mol. The zero-order chi connectivity index (χ0) is 17.7. The number of likely N-dealkylation sites (tertiary alicyclic amines) is 1. The smallest absolute Gasteiger partial charge is 0.234 e. The first kappa shape index (κ1) is 19.2. The van der Waals surface area contributed by atoms with E-state index in [0.717, 1.165) is 32.4 Å². The molecule has 0 aromatic heterocycles. The van der Waals surface area contributed by atoms with Gasteiger partial charge in [0.1, 0.15) is 0 Å². The van der Waals surface area contributed by atoms with Crippen molar-refractivity contribution in [3.8, 4) is 0 Å². The molecule has 0 aromatic rings. The zero-order valence-electron chi connectivity index (χ0n) is 15.9. The summed E-state index contributed by atoms with van der Waals surface area (Å²) in [5.74, 6) is 0.872. The number of amides is 2. The molecule has 2 amide bonds. The van der Waals surface area contributed by atoms with Crippen LogP contribution in [0.2, 0.25) is 0 Å². The molecule has 2 rings (SSSR count). The number of nitrogens with one attached hydrogen (secondary N) is 2. The summed E-state index contributed by atoms with van der Waals surface area (Å²) in [5.41, 5.74) is -0.340. The van der Waals surface area contributed by atoms with Gasteiger partial charge in [0.05, 0.1) is 6.54 Å². The van der Waals surface area contributed by atoms with E-state index in [1.165, 1.54) is 19.3 Å². The van der Waals surface area contributed by atoms with Gasteiger partial charge in [0.25, 0.3) is 0 Å². The number of carbonyl (C=O) groups excluding carboxylic acids is 2. The first-order valence-corrected chi connectivity index (χ1v) is 9.58. The van der Waals surface area contributed by atoms with Crippen molar-refractivity contribution in [2.45, 2.75) is 78.3 Å². The third kappa shape index (κ3) is 5.76. The van der Waals surface area contributed by atoms with Gasteiger partial charge in [0.15, 0.2) is 0 Å². The lowest BCUT2D eigenvalue weighted by Gasteiger charge is -2.34. The lowest BCUT2D eigenvalue weighted by Crippen LogP contribution is -2.50. The summed E-state index contributed by atoms with van der Waals surface area (Å²) in [5, 5.41) is 6.37. The van der Waals surface area contributed by atoms with Crippen molar-refractivity contribution in [1.29, 1.82) is 0 Å². The van der Waals surface area contributed by atoms with Crippen LogP contribution in [0.1, 0.15) is 66.2 Å². The quantitative estimate of drug-likeness (QED) is 0.827. The molecule has 1 aliphatic carbocycles. The van der Waals surface area contributed by atoms with Gasteiger partial charge in [0.2, 0.25) is 11.8 Å². The van der Waals surface area contributed by atoms with Crippen LogP contribution in [0.15, 0.2) is 0 Å². The van der Waals surface area contributed by atoms with Crippen molar-refractivity contribution in [1.82, 2.24) is 15.5 Å². The van der Waals surface area contributed by atoms with E-state index in [2.05, 4.69) is 22.5 Å². The van der Waals surface area contributed by atoms with Gasteiger partial charge < -0.3 is 10.6 Å². The molecule has 0 unspecified atom stereocenters. The molecular formula is C19H35N3O2. The minimum absolute atomic E-state index is 0.116. The topological polar surface area (TPSA) is 61.4 Å². The first-order chi connectivity index (χ1) is 11.3. The standard InChI is InChI=1S/C19H35N3O2/c1-14-7-5-6-8-16(14)21-17(23)13-22-11-9-15(10-12-22)20-18(24)19(2,3)4/h14-16H,5-13H2,1-4H3,(H,20,24)(H,21,23)/t14-,16+/m1/s1. The van der Waals surface area contributed by atoms with E-state index in [4.69, 9.17) is 0 Å². The van der Waals surface area contributed by atoms with Gasteiger partial charge in [-0.15, -0.1) is 0 Å². The van der Waals surface area contributed by atoms with Gasteiger partial charge in [0, 0.05) is 30.6 Å². The minimum atomic E-state index is -0.340. The molecule has 0 spiro atoms. The molecule has 2 N–H and O–H groups in total. The first-order valence-electron chi connectivity index (χ1n) is 9.58. The van der Waals surface area contributed by atoms with E-state index in [-0.39, 0.29) is 23.3 Å². The highest BCUT2D eigenvalue weighted by Crippen LogP contribution is 2.23. The van der Waals surface area contributed by atoms with Crippen LogP contribution in [0.4, 0.5) is 0 Å². The lowest BCUT2D eigenvalue weighted by atomic mass is 9.86. The number of hydrogen-bond donors (Lipinski definition) is 2. The van der Waals surface area contributed by atoms with Crippen LogP contribution in [0.25, 0.3) is 0 Å². The second kappa shape index (κ2) is 8.32. The number of rotatable bonds is 4. The fourth-order valence-electron chi connectivity index (χ4n) is 3.62. The van der Waals surface area contributed by atoms with Crippen LogP contribution in [-0.2, 0) is 9.59 Å². The summed E-state index contributed by atoms with van der Waals surface area (Å²) in [7, 11) is 0. The van der Waals surface area contributed by atoms with Gasteiger partial charge in [-0.2, -0.15) is 0 Å². The summed E-state index contributed by atoms with van der Waals surface area (Å²) in [6, 6.07) is 0.601. The van der Waals surface area contributed by atoms with Crippen LogP contribution in [0.5, 0.6) is 0 Å². The Morgan fingerprint density at radius 2 is 1.62 bits per heavy atom. The Kier molecular flexibility index (Phi) is 6.67. The number of nitrogens with zero attached hydrogens (tertiary/aromatic N) is 1. The average molecular weight is 338 g/mol. The second-order valence-electron chi connectivity index (χ2n) is 8.71. The SMILES string of the molecule is C[C@@H]1CCCC[C@@H]1NC(=O)CN1CCC(NC(=O)C(C)(C)C)CC1. The number of piperidine rings is 1. The van der Waals surface area contributed by atoms with Gasteiger partial charge in [-0.3, -0.25) is 14.5 Å². The predicted molar refractivity (Wildman–Crippen MR) is 96.6 cm³/mol. The maximum atomic E-state index is 12.3. The van der Waals surface area contributed by atoms with Crippen molar-refractivity contribution in [2.75, 3.05) is 19.6 Å². The molecule has 1 aliphatic heterocycles. The highest BCUT2D eigenvalue weighted by Gasteiger charge is 2.28. The Morgan fingerprint density at radius 3 is 2.21 bits per heavy atom. The molecular weight excluding hydrogens is 302 g/mol. The molecule has 1 saturated heterocycles. The van der Waals surface area contributed by atoms with Crippen molar-refractivity contribution < 1.29 is 9.59 Å². The van der Waals surface area contributed by atoms with Crippen molar-refractivity contribution >= 4 is 11.8 Å². The highest BCUT2D eigenvalue weighted by atomic mass is 16.2. The van der Waals surface area contributed by atoms with E-state index < -0.39 is 0 Å². The minimum Gasteiger partial charge on any atom is -0.353 e. The Hall–Kier alpha value is -1.10. The molecule has 2 aliphatic rings. The zero-order valence-corrected chi connectivity index (χ0v) is 15.9. The van der Waals surface area contributed by atoms with Crippen LogP contribution < -0.4 is 10.6 Å². The maximum Gasteiger partial charge on any atom is 0.234 e. The third-order valence-electron chi connectivity index (χ3n) is 5.43. The molecule has 0 bridgehead atoms. The molecule has 1 heterocycles. The van der Waals surface area contributed by atoms with Crippen LogP contribution >= 0.6 is 0 Å².